The molecule has 3 amide bonds. The molecule has 18 heteroatoms. The summed E-state index contributed by atoms with van der Waals surface area (Å²) < 4.78 is 81.7. The first-order valence-electron chi connectivity index (χ1n) is 15.5. The molecule has 0 bridgehead atoms. The Hall–Kier alpha value is -5.29. The van der Waals surface area contributed by atoms with E-state index in [0.717, 1.165) is 9.47 Å². The molecule has 1 N–H and O–H groups in total. The Balaban J connectivity index is 2.03. The Labute approximate surface area is 289 Å². The van der Waals surface area contributed by atoms with Crippen LogP contribution in [0, 0.1) is 11.6 Å². The summed E-state index contributed by atoms with van der Waals surface area (Å²) in [6.45, 7) is 3.91. The highest BCUT2D eigenvalue weighted by Crippen LogP contribution is 2.31. The number of imidazole rings is 1. The van der Waals surface area contributed by atoms with Crippen molar-refractivity contribution in [2.75, 3.05) is 33.5 Å². The van der Waals surface area contributed by atoms with Crippen molar-refractivity contribution >= 4 is 40.7 Å². The van der Waals surface area contributed by atoms with Crippen molar-refractivity contribution < 1.29 is 50.6 Å². The van der Waals surface area contributed by atoms with Crippen LogP contribution in [-0.4, -0.2) is 94.0 Å². The maximum Gasteiger partial charge on any atom is 0.420 e. The fourth-order valence-electron chi connectivity index (χ4n) is 4.57. The van der Waals surface area contributed by atoms with Crippen LogP contribution in [0.4, 0.5) is 37.2 Å². The summed E-state index contributed by atoms with van der Waals surface area (Å²) >= 11 is 0. The average molecular weight is 727 g/mol. The van der Waals surface area contributed by atoms with Gasteiger partial charge in [-0.15, -0.1) is 0 Å². The van der Waals surface area contributed by atoms with Gasteiger partial charge in [0.05, 0.1) is 12.1 Å². The lowest BCUT2D eigenvalue weighted by Gasteiger charge is -2.21. The lowest BCUT2D eigenvalue weighted by Crippen LogP contribution is -2.37. The van der Waals surface area contributed by atoms with Crippen LogP contribution in [0.15, 0.2) is 41.3 Å². The molecule has 0 saturated heterocycles. The van der Waals surface area contributed by atoms with Crippen molar-refractivity contribution in [2.24, 2.45) is 0 Å². The van der Waals surface area contributed by atoms with E-state index in [2.05, 4.69) is 10.3 Å². The van der Waals surface area contributed by atoms with Crippen LogP contribution in [0.3, 0.4) is 0 Å². The second kappa shape index (κ2) is 16.2. The molecule has 0 aliphatic rings. The van der Waals surface area contributed by atoms with Crippen molar-refractivity contribution in [2.45, 2.75) is 70.9 Å². The van der Waals surface area contributed by atoms with E-state index in [-0.39, 0.29) is 30.3 Å². The number of rotatable bonds is 11. The van der Waals surface area contributed by atoms with Crippen LogP contribution in [0.2, 0.25) is 0 Å². The number of fused-ring (bicyclic) bond motifs is 1. The van der Waals surface area contributed by atoms with Gasteiger partial charge in [0, 0.05) is 52.4 Å². The van der Waals surface area contributed by atoms with E-state index in [1.165, 1.54) is 70.2 Å². The molecule has 0 spiro atoms. The quantitative estimate of drug-likeness (QED) is 0.209. The number of aryl methyl sites for hydroxylation is 1. The third-order valence-electron chi connectivity index (χ3n) is 7.02. The van der Waals surface area contributed by atoms with E-state index in [9.17, 15) is 41.5 Å². The summed E-state index contributed by atoms with van der Waals surface area (Å²) in [5, 5.41) is 2.40. The fraction of sp³-hybridized carbons (Fsp3) is 0.455. The van der Waals surface area contributed by atoms with Gasteiger partial charge in [0.25, 0.3) is 11.5 Å². The minimum atomic E-state index is -4.69. The number of carbonyl (C=O) groups excluding carboxylic acids is 4. The van der Waals surface area contributed by atoms with Gasteiger partial charge in [0.2, 0.25) is 5.91 Å². The normalized spacial score (nSPS) is 12.5. The van der Waals surface area contributed by atoms with Crippen molar-refractivity contribution in [3.63, 3.8) is 0 Å². The minimum Gasteiger partial charge on any atom is -0.443 e. The molecule has 0 radical (unpaired) electrons. The maximum atomic E-state index is 15.3. The van der Waals surface area contributed by atoms with E-state index in [0.29, 0.717) is 10.6 Å². The minimum absolute atomic E-state index is 0.0671. The van der Waals surface area contributed by atoms with Crippen molar-refractivity contribution in [1.82, 2.24) is 23.9 Å². The lowest BCUT2D eigenvalue weighted by atomic mass is 10.1. The number of hydrogen-bond acceptors (Lipinski definition) is 8. The molecule has 0 unspecified atom stereocenters. The molecule has 1 aromatic carbocycles. The van der Waals surface area contributed by atoms with Crippen LogP contribution in [0.5, 0.6) is 0 Å². The molecule has 1 atom stereocenters. The van der Waals surface area contributed by atoms with Crippen molar-refractivity contribution in [3.8, 4) is 0 Å². The number of nitrogens with one attached hydrogen (secondary N) is 1. The number of anilines is 1. The highest BCUT2D eigenvalue weighted by atomic mass is 19.4. The summed E-state index contributed by atoms with van der Waals surface area (Å²) in [5.41, 5.74) is -4.13. The number of carbonyl (C=O) groups is 4. The molecular weight excluding hydrogens is 687 g/mol. The molecule has 13 nitrogen and oxygen atoms in total. The first-order chi connectivity index (χ1) is 23.6. The Bertz CT molecular complexity index is 1880. The van der Waals surface area contributed by atoms with E-state index in [1.807, 2.05) is 0 Å². The first kappa shape index (κ1) is 40.1. The number of benzene rings is 1. The Morgan fingerprint density at radius 1 is 1.04 bits per heavy atom. The zero-order chi connectivity index (χ0) is 38.4. The molecule has 0 aliphatic heterocycles. The SMILES string of the molecule is CN(C)C(=O)/C=C/CC[C@H](OC(=O)N(C)C)C(=O)Nc1cccn(Cc2nc3c(CCC(F)(F)F)c(F)cc(F)c3n2C(=O)OC(C)(C)C)c1=O. The van der Waals surface area contributed by atoms with Crippen molar-refractivity contribution in [3.05, 3.63) is 69.9 Å². The average Bonchev–Trinajstić information content (AvgIpc) is 3.38. The molecule has 2 aromatic heterocycles. The summed E-state index contributed by atoms with van der Waals surface area (Å²) in [6.07, 6.45) is -6.45. The summed E-state index contributed by atoms with van der Waals surface area (Å²) in [4.78, 5) is 70.8. The van der Waals surface area contributed by atoms with Gasteiger partial charge in [-0.05, 0) is 58.2 Å². The van der Waals surface area contributed by atoms with Gasteiger partial charge in [-0.2, -0.15) is 13.2 Å². The molecular formula is C33H39F5N6O7. The van der Waals surface area contributed by atoms with Gasteiger partial charge >= 0.3 is 18.4 Å². The van der Waals surface area contributed by atoms with Crippen molar-refractivity contribution in [1.29, 1.82) is 0 Å². The van der Waals surface area contributed by atoms with Crippen LogP contribution in [0.25, 0.3) is 11.0 Å². The molecule has 278 valence electrons. The van der Waals surface area contributed by atoms with E-state index in [1.54, 1.807) is 14.1 Å². The number of likely N-dealkylation sites (N-methyl/N-ethyl adjacent to an activating group) is 1. The van der Waals surface area contributed by atoms with Crippen LogP contribution in [-0.2, 0) is 32.0 Å². The Kier molecular flexibility index (Phi) is 12.7. The summed E-state index contributed by atoms with van der Waals surface area (Å²) in [7, 11) is 5.89. The van der Waals surface area contributed by atoms with Gasteiger partial charge in [-0.1, -0.05) is 6.08 Å². The number of halogens is 5. The third kappa shape index (κ3) is 10.8. The predicted octanol–water partition coefficient (Wildman–Crippen LogP) is 5.23. The van der Waals surface area contributed by atoms with Gasteiger partial charge in [0.15, 0.2) is 11.9 Å². The number of hydrogen-bond donors (Lipinski definition) is 1. The zero-order valence-electron chi connectivity index (χ0n) is 29.1. The molecule has 51 heavy (non-hydrogen) atoms. The number of allylic oxidation sites excluding steroid dienone is 1. The topological polar surface area (TPSA) is 145 Å². The largest absolute Gasteiger partial charge is 0.443 e. The lowest BCUT2D eigenvalue weighted by molar-refractivity contribution is -0.134. The molecule has 3 rings (SSSR count). The summed E-state index contributed by atoms with van der Waals surface area (Å²) in [5.74, 6) is -4.21. The van der Waals surface area contributed by atoms with Gasteiger partial charge in [-0.3, -0.25) is 14.4 Å². The highest BCUT2D eigenvalue weighted by Gasteiger charge is 2.32. The van der Waals surface area contributed by atoms with Crippen LogP contribution >= 0.6 is 0 Å². The first-order valence-corrected chi connectivity index (χ1v) is 15.5. The Morgan fingerprint density at radius 2 is 1.71 bits per heavy atom. The molecule has 2 heterocycles. The van der Waals surface area contributed by atoms with Crippen LogP contribution < -0.4 is 10.9 Å². The standard InChI is InChI=1S/C33H39F5N6O7/c1-32(2,3)51-31(49)44-24(40-26-19(14-15-33(36,37)38)20(34)17-21(35)27(26)44)18-43-16-10-11-22(29(43)47)39-28(46)23(50-30(48)42(6)7)12-8-9-13-25(45)41(4)5/h9-11,13,16-17,23H,8,12,14-15,18H2,1-7H3,(H,39,46)/b13-9+/t23-/m0/s1. The highest BCUT2D eigenvalue weighted by molar-refractivity contribution is 5.95. The zero-order valence-corrected chi connectivity index (χ0v) is 29.1. The monoisotopic (exact) mass is 726 g/mol. The maximum absolute atomic E-state index is 15.3. The number of ether oxygens (including phenoxy) is 2. The molecule has 3 aromatic rings. The van der Waals surface area contributed by atoms with Crippen LogP contribution in [0.1, 0.15) is 51.4 Å². The number of amides is 3. The second-order valence-electron chi connectivity index (χ2n) is 12.8. The third-order valence-corrected chi connectivity index (χ3v) is 7.02. The van der Waals surface area contributed by atoms with E-state index < -0.39 is 89.2 Å². The number of nitrogens with zero attached hydrogens (tertiary/aromatic N) is 5. The van der Waals surface area contributed by atoms with Gasteiger partial charge in [-0.25, -0.2) is 27.9 Å². The Morgan fingerprint density at radius 3 is 2.29 bits per heavy atom. The van der Waals surface area contributed by atoms with E-state index >= 15 is 4.39 Å². The molecule has 0 saturated carbocycles. The molecule has 0 aliphatic carbocycles. The number of aromatic nitrogens is 3. The summed E-state index contributed by atoms with van der Waals surface area (Å²) in [6, 6.07) is 2.92. The number of alkyl halides is 3. The van der Waals surface area contributed by atoms with Gasteiger partial charge < -0.3 is 29.2 Å². The fourth-order valence-corrected chi connectivity index (χ4v) is 4.57. The second-order valence-corrected chi connectivity index (χ2v) is 12.8. The van der Waals surface area contributed by atoms with E-state index in [4.69, 9.17) is 9.47 Å². The number of pyridine rings is 1. The molecule has 0 fully saturated rings. The van der Waals surface area contributed by atoms with Gasteiger partial charge in [0.1, 0.15) is 28.4 Å². The predicted molar refractivity (Wildman–Crippen MR) is 175 cm³/mol. The smallest absolute Gasteiger partial charge is 0.420 e.